The topological polar surface area (TPSA) is 66.9 Å². The van der Waals surface area contributed by atoms with Crippen LogP contribution in [0.1, 0.15) is 47.8 Å². The van der Waals surface area contributed by atoms with Gasteiger partial charge in [-0.1, -0.05) is 45.0 Å². The molecule has 5 heteroatoms. The molecule has 0 saturated heterocycles. The van der Waals surface area contributed by atoms with Crippen molar-refractivity contribution in [2.45, 2.75) is 40.0 Å². The molecule has 0 unspecified atom stereocenters. The van der Waals surface area contributed by atoms with Crippen LogP contribution in [0.4, 0.5) is 5.69 Å². The van der Waals surface area contributed by atoms with Crippen molar-refractivity contribution >= 4 is 22.5 Å². The maximum Gasteiger partial charge on any atom is 0.274 e. The van der Waals surface area contributed by atoms with Crippen molar-refractivity contribution in [3.8, 4) is 11.1 Å². The predicted molar refractivity (Wildman–Crippen MR) is 132 cm³/mol. The Morgan fingerprint density at radius 2 is 1.69 bits per heavy atom. The van der Waals surface area contributed by atoms with Crippen LogP contribution in [0.15, 0.2) is 59.7 Å². The fraction of sp³-hybridized carbons (Fsp3) is 0.259. The lowest BCUT2D eigenvalue weighted by Gasteiger charge is -2.19. The summed E-state index contributed by atoms with van der Waals surface area (Å²) >= 11 is 0. The summed E-state index contributed by atoms with van der Waals surface area (Å²) in [4.78, 5) is 28.6. The predicted octanol–water partition coefficient (Wildman–Crippen LogP) is 5.70. The van der Waals surface area contributed by atoms with Gasteiger partial charge in [0.1, 0.15) is 5.52 Å². The van der Waals surface area contributed by atoms with Gasteiger partial charge >= 0.3 is 0 Å². The van der Waals surface area contributed by atoms with Gasteiger partial charge in [-0.05, 0) is 59.7 Å². The van der Waals surface area contributed by atoms with Crippen LogP contribution in [0.5, 0.6) is 0 Å². The van der Waals surface area contributed by atoms with E-state index in [0.29, 0.717) is 11.1 Å². The summed E-state index contributed by atoms with van der Waals surface area (Å²) in [5, 5.41) is 3.98. The number of nitrogens with one attached hydrogen (secondary N) is 2. The third kappa shape index (κ3) is 3.75. The van der Waals surface area contributed by atoms with Crippen molar-refractivity contribution in [1.82, 2.24) is 9.55 Å². The Hall–Kier alpha value is -3.60. The zero-order valence-corrected chi connectivity index (χ0v) is 19.5. The molecule has 0 saturated carbocycles. The van der Waals surface area contributed by atoms with Gasteiger partial charge in [0.15, 0.2) is 0 Å². The number of H-pyrrole nitrogens is 1. The van der Waals surface area contributed by atoms with E-state index in [1.807, 2.05) is 68.7 Å². The quantitative estimate of drug-likeness (QED) is 0.440. The van der Waals surface area contributed by atoms with Gasteiger partial charge in [0, 0.05) is 41.6 Å². The number of amides is 1. The first-order valence-electron chi connectivity index (χ1n) is 10.8. The van der Waals surface area contributed by atoms with Crippen molar-refractivity contribution in [1.29, 1.82) is 0 Å². The van der Waals surface area contributed by atoms with E-state index in [1.165, 1.54) is 5.56 Å². The van der Waals surface area contributed by atoms with E-state index in [9.17, 15) is 9.59 Å². The first kappa shape index (κ1) is 21.6. The second-order valence-electron chi connectivity index (χ2n) is 9.44. The van der Waals surface area contributed by atoms with E-state index in [0.717, 1.165) is 33.3 Å². The first-order valence-corrected chi connectivity index (χ1v) is 10.8. The van der Waals surface area contributed by atoms with Gasteiger partial charge < -0.3 is 14.9 Å². The van der Waals surface area contributed by atoms with Crippen molar-refractivity contribution in [2.24, 2.45) is 7.05 Å². The van der Waals surface area contributed by atoms with E-state index in [2.05, 4.69) is 31.1 Å². The van der Waals surface area contributed by atoms with Gasteiger partial charge in [0.25, 0.3) is 11.5 Å². The minimum atomic E-state index is -0.144. The van der Waals surface area contributed by atoms with E-state index < -0.39 is 0 Å². The highest BCUT2D eigenvalue weighted by atomic mass is 16.1. The molecule has 2 aromatic heterocycles. The van der Waals surface area contributed by atoms with E-state index in [4.69, 9.17) is 0 Å². The van der Waals surface area contributed by atoms with Gasteiger partial charge in [0.05, 0.1) is 0 Å². The molecule has 4 aromatic rings. The third-order valence-electron chi connectivity index (χ3n) is 6.09. The Labute approximate surface area is 188 Å². The molecule has 1 amide bonds. The monoisotopic (exact) mass is 427 g/mol. The molecule has 0 bridgehead atoms. The number of benzene rings is 2. The number of aromatic amines is 1. The maximum absolute atomic E-state index is 12.9. The van der Waals surface area contributed by atoms with E-state index in [-0.39, 0.29) is 16.9 Å². The SMILES string of the molecule is Cc1c(NC(=O)c2ccc(C(C)(C)C)cc2)cccc1-c1cn(C)c(=O)c2[nH]cc(C)c12. The van der Waals surface area contributed by atoms with Crippen molar-refractivity contribution in [2.75, 3.05) is 5.32 Å². The first-order chi connectivity index (χ1) is 15.1. The van der Waals surface area contributed by atoms with Crippen LogP contribution in [-0.2, 0) is 12.5 Å². The molecule has 0 spiro atoms. The molecule has 164 valence electrons. The normalized spacial score (nSPS) is 11.7. The number of pyridine rings is 1. The Morgan fingerprint density at radius 3 is 2.34 bits per heavy atom. The zero-order chi connectivity index (χ0) is 23.2. The lowest BCUT2D eigenvalue weighted by atomic mass is 9.86. The summed E-state index contributed by atoms with van der Waals surface area (Å²) in [5.41, 5.74) is 7.04. The van der Waals surface area contributed by atoms with Crippen LogP contribution in [0.3, 0.4) is 0 Å². The Kier molecular flexibility index (Phi) is 5.29. The van der Waals surface area contributed by atoms with Gasteiger partial charge in [-0.15, -0.1) is 0 Å². The molecule has 0 fully saturated rings. The third-order valence-corrected chi connectivity index (χ3v) is 6.09. The summed E-state index contributed by atoms with van der Waals surface area (Å²) < 4.78 is 1.59. The van der Waals surface area contributed by atoms with Crippen LogP contribution in [0.2, 0.25) is 0 Å². The minimum Gasteiger partial charge on any atom is -0.356 e. The zero-order valence-electron chi connectivity index (χ0n) is 19.5. The molecule has 0 radical (unpaired) electrons. The number of anilines is 1. The lowest BCUT2D eigenvalue weighted by Crippen LogP contribution is -2.17. The van der Waals surface area contributed by atoms with Gasteiger partial charge in [-0.2, -0.15) is 0 Å². The Balaban J connectivity index is 1.72. The Morgan fingerprint density at radius 1 is 1.00 bits per heavy atom. The average Bonchev–Trinajstić information content (AvgIpc) is 3.14. The molecule has 0 atom stereocenters. The number of hydrogen-bond acceptors (Lipinski definition) is 2. The van der Waals surface area contributed by atoms with Crippen LogP contribution >= 0.6 is 0 Å². The number of carbonyl (C=O) groups is 1. The van der Waals surface area contributed by atoms with Crippen molar-refractivity contribution in [3.05, 3.63) is 87.5 Å². The van der Waals surface area contributed by atoms with Gasteiger partial charge in [0.2, 0.25) is 0 Å². The fourth-order valence-electron chi connectivity index (χ4n) is 4.11. The maximum atomic E-state index is 12.9. The smallest absolute Gasteiger partial charge is 0.274 e. The molecule has 0 aliphatic rings. The summed E-state index contributed by atoms with van der Waals surface area (Å²) in [6.45, 7) is 10.4. The molecule has 5 nitrogen and oxygen atoms in total. The highest BCUT2D eigenvalue weighted by Crippen LogP contribution is 2.34. The number of aryl methyl sites for hydroxylation is 2. The number of rotatable bonds is 3. The molecule has 2 aromatic carbocycles. The highest BCUT2D eigenvalue weighted by molar-refractivity contribution is 6.06. The molecule has 0 aliphatic heterocycles. The van der Waals surface area contributed by atoms with Gasteiger partial charge in [-0.25, -0.2) is 0 Å². The molecule has 32 heavy (non-hydrogen) atoms. The standard InChI is InChI=1S/C27H29N3O2/c1-16-14-28-24-23(16)21(15-30(6)26(24)32)20-8-7-9-22(17(20)2)29-25(31)18-10-12-19(13-11-18)27(3,4)5/h7-15,28H,1-6H3,(H,29,31). The molecular weight excluding hydrogens is 398 g/mol. The van der Waals surface area contributed by atoms with Gasteiger partial charge in [-0.3, -0.25) is 9.59 Å². The molecular formula is C27H29N3O2. The highest BCUT2D eigenvalue weighted by Gasteiger charge is 2.17. The summed E-state index contributed by atoms with van der Waals surface area (Å²) in [5.74, 6) is -0.144. The number of fused-ring (bicyclic) bond motifs is 1. The minimum absolute atomic E-state index is 0.0391. The number of aromatic nitrogens is 2. The van der Waals surface area contributed by atoms with Crippen LogP contribution < -0.4 is 10.9 Å². The van der Waals surface area contributed by atoms with Crippen LogP contribution in [0.25, 0.3) is 22.0 Å². The second kappa shape index (κ2) is 7.83. The number of carbonyl (C=O) groups excluding carboxylic acids is 1. The van der Waals surface area contributed by atoms with E-state index >= 15 is 0 Å². The largest absolute Gasteiger partial charge is 0.356 e. The van der Waals surface area contributed by atoms with Crippen molar-refractivity contribution < 1.29 is 4.79 Å². The van der Waals surface area contributed by atoms with E-state index in [1.54, 1.807) is 11.6 Å². The van der Waals surface area contributed by atoms with Crippen molar-refractivity contribution in [3.63, 3.8) is 0 Å². The second-order valence-corrected chi connectivity index (χ2v) is 9.44. The summed E-state index contributed by atoms with van der Waals surface area (Å²) in [6.07, 6.45) is 3.72. The number of nitrogens with zero attached hydrogens (tertiary/aromatic N) is 1. The molecule has 4 rings (SSSR count). The average molecular weight is 428 g/mol. The number of hydrogen-bond donors (Lipinski definition) is 2. The molecule has 2 heterocycles. The Bertz CT molecular complexity index is 1380. The molecule has 2 N–H and O–H groups in total. The van der Waals surface area contributed by atoms with Crippen LogP contribution in [-0.4, -0.2) is 15.5 Å². The fourth-order valence-corrected chi connectivity index (χ4v) is 4.11. The summed E-state index contributed by atoms with van der Waals surface area (Å²) in [6, 6.07) is 13.6. The van der Waals surface area contributed by atoms with Crippen LogP contribution in [0, 0.1) is 13.8 Å². The summed E-state index contributed by atoms with van der Waals surface area (Å²) in [7, 11) is 1.75. The lowest BCUT2D eigenvalue weighted by molar-refractivity contribution is 0.102. The molecule has 0 aliphatic carbocycles.